The summed E-state index contributed by atoms with van der Waals surface area (Å²) in [5.74, 6) is 1.65. The summed E-state index contributed by atoms with van der Waals surface area (Å²) in [6.45, 7) is 3.63. The minimum absolute atomic E-state index is 0.142. The highest BCUT2D eigenvalue weighted by Gasteiger charge is 2.45. The number of aromatic nitrogens is 4. The third kappa shape index (κ3) is 4.16. The van der Waals surface area contributed by atoms with Crippen LogP contribution in [0, 0.1) is 6.92 Å². The quantitative estimate of drug-likeness (QED) is 0.372. The van der Waals surface area contributed by atoms with Gasteiger partial charge in [0.2, 0.25) is 0 Å². The summed E-state index contributed by atoms with van der Waals surface area (Å²) < 4.78 is 26.3. The summed E-state index contributed by atoms with van der Waals surface area (Å²) in [5.41, 5.74) is 4.95. The smallest absolute Gasteiger partial charge is 0.188 e. The average molecular weight is 491 g/mol. The number of nitrogens with one attached hydrogen (secondary N) is 1. The molecule has 1 atom stereocenters. The van der Waals surface area contributed by atoms with Gasteiger partial charge in [0, 0.05) is 61.5 Å². The molecular weight excluding hydrogens is 459 g/mol. The van der Waals surface area contributed by atoms with Crippen molar-refractivity contribution in [3.8, 4) is 17.0 Å². The number of hydrogen-bond acceptors (Lipinski definition) is 7. The maximum atomic E-state index is 13.3. The van der Waals surface area contributed by atoms with Gasteiger partial charge in [0.15, 0.2) is 6.79 Å². The number of fused-ring (bicyclic) bond motifs is 2. The van der Waals surface area contributed by atoms with Gasteiger partial charge in [-0.05, 0) is 56.5 Å². The van der Waals surface area contributed by atoms with E-state index < -0.39 is 0 Å². The minimum atomic E-state index is -0.281. The van der Waals surface area contributed by atoms with Gasteiger partial charge in [-0.3, -0.25) is 4.68 Å². The third-order valence-electron chi connectivity index (χ3n) is 7.35. The molecule has 1 N–H and O–H groups in total. The van der Waals surface area contributed by atoms with Crippen LogP contribution in [-0.2, 0) is 11.8 Å². The molecule has 0 spiro atoms. The van der Waals surface area contributed by atoms with Crippen LogP contribution in [0.2, 0.25) is 0 Å². The molecule has 0 amide bonds. The third-order valence-corrected chi connectivity index (χ3v) is 7.35. The molecule has 1 aliphatic heterocycles. The first-order valence-electron chi connectivity index (χ1n) is 12.4. The van der Waals surface area contributed by atoms with Crippen molar-refractivity contribution in [2.24, 2.45) is 7.05 Å². The Morgan fingerprint density at radius 2 is 1.97 bits per heavy atom. The normalized spacial score (nSPS) is 18.9. The molecule has 4 heterocycles. The minimum Gasteiger partial charge on any atom is -0.466 e. The van der Waals surface area contributed by atoms with E-state index in [2.05, 4.69) is 21.4 Å². The fourth-order valence-corrected chi connectivity index (χ4v) is 5.24. The Morgan fingerprint density at radius 1 is 1.17 bits per heavy atom. The highest BCUT2D eigenvalue weighted by Crippen LogP contribution is 2.39. The number of benzene rings is 1. The summed E-state index contributed by atoms with van der Waals surface area (Å²) >= 11 is 0. The van der Waals surface area contributed by atoms with E-state index >= 15 is 0 Å². The van der Waals surface area contributed by atoms with Crippen LogP contribution in [-0.4, -0.2) is 65.0 Å². The number of ether oxygens (including phenoxy) is 2. The van der Waals surface area contributed by atoms with Crippen LogP contribution in [0.1, 0.15) is 24.8 Å². The molecule has 2 fully saturated rings. The molecule has 0 bridgehead atoms. The summed E-state index contributed by atoms with van der Waals surface area (Å²) in [7, 11) is 3.52. The number of nitrogens with zero attached hydrogens (tertiary/aromatic N) is 5. The first-order valence-corrected chi connectivity index (χ1v) is 12.4. The average Bonchev–Trinajstić information content (AvgIpc) is 3.32. The molecule has 6 rings (SSSR count). The van der Waals surface area contributed by atoms with Crippen LogP contribution >= 0.6 is 0 Å². The van der Waals surface area contributed by atoms with E-state index in [0.717, 1.165) is 82.7 Å². The second kappa shape index (κ2) is 8.97. The number of hydrogen-bond donors (Lipinski definition) is 1. The molecule has 1 aliphatic carbocycles. The lowest BCUT2D eigenvalue weighted by atomic mass is 10.0. The number of rotatable bonds is 8. The van der Waals surface area contributed by atoms with Crippen molar-refractivity contribution in [2.75, 3.05) is 38.6 Å². The van der Waals surface area contributed by atoms with E-state index in [1.807, 2.05) is 44.4 Å². The first-order chi connectivity index (χ1) is 17.5. The SMILES string of the molecule is COCOc1c(-c2ccc3nc(N4CCC(NC5(CF)CC5)C4)ccc3n2)cc2cn(C)nc2c1C. The zero-order chi connectivity index (χ0) is 24.9. The van der Waals surface area contributed by atoms with Gasteiger partial charge in [0.05, 0.1) is 22.2 Å². The Hall–Kier alpha value is -3.30. The lowest BCUT2D eigenvalue weighted by Crippen LogP contribution is -2.43. The van der Waals surface area contributed by atoms with Crippen LogP contribution in [0.25, 0.3) is 33.2 Å². The fraction of sp³-hybridized carbons (Fsp3) is 0.444. The number of alkyl halides is 1. The highest BCUT2D eigenvalue weighted by atomic mass is 19.1. The van der Waals surface area contributed by atoms with Crippen LogP contribution in [0.3, 0.4) is 0 Å². The van der Waals surface area contributed by atoms with Crippen molar-refractivity contribution < 1.29 is 13.9 Å². The zero-order valence-corrected chi connectivity index (χ0v) is 20.9. The second-order valence-corrected chi connectivity index (χ2v) is 10.1. The van der Waals surface area contributed by atoms with E-state index in [-0.39, 0.29) is 19.0 Å². The lowest BCUT2D eigenvalue weighted by molar-refractivity contribution is 0.0511. The summed E-state index contributed by atoms with van der Waals surface area (Å²) in [5, 5.41) is 9.15. The number of methoxy groups -OCH3 is 1. The fourth-order valence-electron chi connectivity index (χ4n) is 5.24. The van der Waals surface area contributed by atoms with Crippen LogP contribution < -0.4 is 15.0 Å². The molecular formula is C27H31FN6O2. The van der Waals surface area contributed by atoms with Gasteiger partial charge in [-0.15, -0.1) is 0 Å². The summed E-state index contributed by atoms with van der Waals surface area (Å²) in [4.78, 5) is 12.1. The monoisotopic (exact) mass is 490 g/mol. The molecule has 4 aromatic rings. The van der Waals surface area contributed by atoms with E-state index in [1.54, 1.807) is 11.8 Å². The Morgan fingerprint density at radius 3 is 2.75 bits per heavy atom. The van der Waals surface area contributed by atoms with Gasteiger partial charge in [0.25, 0.3) is 0 Å². The standard InChI is InChI=1S/C27H31FN6O2/c1-17-25-18(13-33(2)32-25)12-20(26(17)36-16-35-3)21-4-5-23-22(29-21)6-7-24(30-23)34-11-8-19(14-34)31-27(15-28)9-10-27/h4-7,12-13,19,31H,8-11,14-16H2,1-3H3. The predicted molar refractivity (Wildman–Crippen MR) is 138 cm³/mol. The van der Waals surface area contributed by atoms with Crippen molar-refractivity contribution in [3.63, 3.8) is 0 Å². The second-order valence-electron chi connectivity index (χ2n) is 10.1. The largest absolute Gasteiger partial charge is 0.466 e. The van der Waals surface area contributed by atoms with Crippen molar-refractivity contribution in [1.29, 1.82) is 0 Å². The highest BCUT2D eigenvalue weighted by molar-refractivity contribution is 5.92. The van der Waals surface area contributed by atoms with Crippen molar-refractivity contribution in [3.05, 3.63) is 42.1 Å². The molecule has 0 radical (unpaired) electrons. The van der Waals surface area contributed by atoms with Crippen LogP contribution in [0.15, 0.2) is 36.5 Å². The number of pyridine rings is 2. The van der Waals surface area contributed by atoms with Gasteiger partial charge in [-0.25, -0.2) is 14.4 Å². The maximum absolute atomic E-state index is 13.3. The van der Waals surface area contributed by atoms with Crippen molar-refractivity contribution in [2.45, 2.75) is 37.8 Å². The van der Waals surface area contributed by atoms with E-state index in [4.69, 9.17) is 19.4 Å². The van der Waals surface area contributed by atoms with Gasteiger partial charge >= 0.3 is 0 Å². The van der Waals surface area contributed by atoms with E-state index in [0.29, 0.717) is 6.04 Å². The van der Waals surface area contributed by atoms with Gasteiger partial charge in [-0.2, -0.15) is 5.10 Å². The first kappa shape index (κ1) is 23.1. The Bertz CT molecular complexity index is 1430. The molecule has 1 aromatic carbocycles. The lowest BCUT2D eigenvalue weighted by Gasteiger charge is -2.21. The topological polar surface area (TPSA) is 77.3 Å². The van der Waals surface area contributed by atoms with E-state index in [9.17, 15) is 4.39 Å². The van der Waals surface area contributed by atoms with Crippen LogP contribution in [0.4, 0.5) is 10.2 Å². The van der Waals surface area contributed by atoms with Gasteiger partial charge < -0.3 is 19.7 Å². The molecule has 1 saturated carbocycles. The van der Waals surface area contributed by atoms with Crippen molar-refractivity contribution in [1.82, 2.24) is 25.1 Å². The summed E-state index contributed by atoms with van der Waals surface area (Å²) in [6.07, 6.45) is 4.87. The molecule has 36 heavy (non-hydrogen) atoms. The molecule has 1 unspecified atom stereocenters. The molecule has 9 heteroatoms. The molecule has 1 saturated heterocycles. The molecule has 188 valence electrons. The van der Waals surface area contributed by atoms with Gasteiger partial charge in [0.1, 0.15) is 18.2 Å². The van der Waals surface area contributed by atoms with Gasteiger partial charge in [-0.1, -0.05) is 0 Å². The summed E-state index contributed by atoms with van der Waals surface area (Å²) in [6, 6.07) is 10.4. The predicted octanol–water partition coefficient (Wildman–Crippen LogP) is 4.15. The van der Waals surface area contributed by atoms with E-state index in [1.165, 1.54) is 0 Å². The number of anilines is 1. The number of aryl methyl sites for hydroxylation is 2. The Labute approximate surface area is 209 Å². The number of halogens is 1. The maximum Gasteiger partial charge on any atom is 0.188 e. The van der Waals surface area contributed by atoms with Crippen LogP contribution in [0.5, 0.6) is 5.75 Å². The molecule has 2 aliphatic rings. The molecule has 3 aromatic heterocycles. The Balaban J connectivity index is 1.30. The molecule has 8 nitrogen and oxygen atoms in total. The zero-order valence-electron chi connectivity index (χ0n) is 20.9. The van der Waals surface area contributed by atoms with Crippen molar-refractivity contribution >= 4 is 27.8 Å². The Kier molecular flexibility index (Phi) is 5.76.